The molecule has 0 aliphatic carbocycles. The van der Waals surface area contributed by atoms with Crippen molar-refractivity contribution in [1.29, 1.82) is 0 Å². The van der Waals surface area contributed by atoms with Gasteiger partial charge in [0.1, 0.15) is 17.3 Å². The van der Waals surface area contributed by atoms with E-state index >= 15 is 0 Å². The number of rotatable bonds is 3. The topological polar surface area (TPSA) is 103 Å². The summed E-state index contributed by atoms with van der Waals surface area (Å²) in [5, 5.41) is 16.6. The lowest BCUT2D eigenvalue weighted by Gasteiger charge is -2.04. The Morgan fingerprint density at radius 1 is 1.35 bits per heavy atom. The van der Waals surface area contributed by atoms with Gasteiger partial charge in [0.05, 0.1) is 6.54 Å². The van der Waals surface area contributed by atoms with Crippen LogP contribution in [0.3, 0.4) is 0 Å². The van der Waals surface area contributed by atoms with Crippen LogP contribution in [-0.4, -0.2) is 20.1 Å². The molecule has 0 aliphatic rings. The molecule has 90 valence electrons. The Kier molecular flexibility index (Phi) is 3.03. The van der Waals surface area contributed by atoms with Crippen molar-refractivity contribution in [3.8, 4) is 0 Å². The van der Waals surface area contributed by atoms with Gasteiger partial charge in [-0.3, -0.25) is 0 Å². The summed E-state index contributed by atoms with van der Waals surface area (Å²) in [5.41, 5.74) is 11.9. The van der Waals surface area contributed by atoms with Gasteiger partial charge in [0.15, 0.2) is 6.23 Å². The molecule has 1 atom stereocenters. The molecule has 0 saturated carbocycles. The minimum absolute atomic E-state index is 0.132. The minimum atomic E-state index is -1.25. The van der Waals surface area contributed by atoms with Crippen LogP contribution in [0.2, 0.25) is 0 Å². The number of aromatic nitrogens is 3. The maximum Gasteiger partial charge on any atom is 0.151 e. The number of aliphatic hydroxyl groups is 1. The third kappa shape index (κ3) is 2.40. The van der Waals surface area contributed by atoms with Crippen molar-refractivity contribution in [1.82, 2.24) is 15.0 Å². The van der Waals surface area contributed by atoms with Gasteiger partial charge in [0.25, 0.3) is 0 Å². The largest absolute Gasteiger partial charge is 0.382 e. The summed E-state index contributed by atoms with van der Waals surface area (Å²) in [5.74, 6) is -0.109. The first-order valence-corrected chi connectivity index (χ1v) is 4.95. The number of nitrogens with two attached hydrogens (primary N) is 2. The molecule has 0 saturated heterocycles. The summed E-state index contributed by atoms with van der Waals surface area (Å²) in [6.45, 7) is 0.339. The number of nitrogens with zero attached hydrogens (tertiary/aromatic N) is 3. The fourth-order valence-corrected chi connectivity index (χ4v) is 1.42. The Balaban J connectivity index is 2.22. The number of hydrogen-bond acceptors (Lipinski definition) is 5. The highest BCUT2D eigenvalue weighted by Gasteiger charge is 2.14. The van der Waals surface area contributed by atoms with Crippen LogP contribution in [0.15, 0.2) is 24.3 Å². The number of hydrogen-bond donors (Lipinski definition) is 3. The zero-order chi connectivity index (χ0) is 12.4. The lowest BCUT2D eigenvalue weighted by Crippen LogP contribution is -2.12. The van der Waals surface area contributed by atoms with Crippen molar-refractivity contribution < 1.29 is 9.50 Å². The molecule has 1 heterocycles. The van der Waals surface area contributed by atoms with E-state index in [4.69, 9.17) is 16.6 Å². The van der Waals surface area contributed by atoms with Crippen LogP contribution in [0.4, 0.5) is 10.2 Å². The van der Waals surface area contributed by atoms with E-state index in [1.165, 1.54) is 16.8 Å². The van der Waals surface area contributed by atoms with E-state index in [-0.39, 0.29) is 17.3 Å². The number of anilines is 1. The van der Waals surface area contributed by atoms with E-state index in [0.717, 1.165) is 5.56 Å². The standard InChI is InChI=1S/C10H12FN5O/c11-7-3-1-6(2-4-7)5-16-9(12)8(10(13)17)14-15-16/h1-4,10,17H,5,12-13H2. The summed E-state index contributed by atoms with van der Waals surface area (Å²) in [4.78, 5) is 0. The molecular weight excluding hydrogens is 225 g/mol. The first kappa shape index (κ1) is 11.5. The summed E-state index contributed by atoms with van der Waals surface area (Å²) in [6, 6.07) is 5.94. The molecular formula is C10H12FN5O. The molecule has 1 unspecified atom stereocenters. The fourth-order valence-electron chi connectivity index (χ4n) is 1.42. The van der Waals surface area contributed by atoms with Gasteiger partial charge in [-0.05, 0) is 17.7 Å². The van der Waals surface area contributed by atoms with Crippen LogP contribution in [-0.2, 0) is 6.54 Å². The SMILES string of the molecule is Nc1c(C(N)O)nnn1Cc1ccc(F)cc1. The van der Waals surface area contributed by atoms with Crippen molar-refractivity contribution in [2.45, 2.75) is 12.8 Å². The van der Waals surface area contributed by atoms with Crippen LogP contribution in [0.25, 0.3) is 0 Å². The van der Waals surface area contributed by atoms with E-state index < -0.39 is 6.23 Å². The van der Waals surface area contributed by atoms with Gasteiger partial charge in [-0.15, -0.1) is 5.10 Å². The van der Waals surface area contributed by atoms with Crippen LogP contribution < -0.4 is 11.5 Å². The average molecular weight is 237 g/mol. The molecule has 1 aromatic carbocycles. The zero-order valence-corrected chi connectivity index (χ0v) is 8.92. The van der Waals surface area contributed by atoms with E-state index in [1.807, 2.05) is 0 Å². The van der Waals surface area contributed by atoms with Gasteiger partial charge in [0, 0.05) is 0 Å². The van der Waals surface area contributed by atoms with Gasteiger partial charge in [0.2, 0.25) is 0 Å². The lowest BCUT2D eigenvalue weighted by molar-refractivity contribution is 0.182. The van der Waals surface area contributed by atoms with Gasteiger partial charge in [-0.2, -0.15) is 0 Å². The molecule has 0 radical (unpaired) electrons. The van der Waals surface area contributed by atoms with Crippen LogP contribution in [0.5, 0.6) is 0 Å². The Morgan fingerprint density at radius 2 is 2.00 bits per heavy atom. The molecule has 0 amide bonds. The second-order valence-corrected chi connectivity index (χ2v) is 3.59. The minimum Gasteiger partial charge on any atom is -0.382 e. The molecule has 0 spiro atoms. The third-order valence-corrected chi connectivity index (χ3v) is 2.33. The molecule has 1 aromatic heterocycles. The summed E-state index contributed by atoms with van der Waals surface area (Å²) < 4.78 is 14.1. The quantitative estimate of drug-likeness (QED) is 0.652. The van der Waals surface area contributed by atoms with E-state index in [2.05, 4.69) is 10.3 Å². The van der Waals surface area contributed by atoms with Crippen molar-refractivity contribution in [3.63, 3.8) is 0 Å². The molecule has 0 bridgehead atoms. The van der Waals surface area contributed by atoms with E-state index in [0.29, 0.717) is 6.54 Å². The molecule has 2 rings (SSSR count). The lowest BCUT2D eigenvalue weighted by atomic mass is 10.2. The molecule has 5 N–H and O–H groups in total. The molecule has 0 aliphatic heterocycles. The van der Waals surface area contributed by atoms with Gasteiger partial charge >= 0.3 is 0 Å². The number of nitrogen functional groups attached to an aromatic ring is 1. The number of aliphatic hydroxyl groups excluding tert-OH is 1. The Morgan fingerprint density at radius 3 is 2.53 bits per heavy atom. The maximum atomic E-state index is 12.7. The van der Waals surface area contributed by atoms with Gasteiger partial charge < -0.3 is 16.6 Å². The number of benzene rings is 1. The van der Waals surface area contributed by atoms with Crippen molar-refractivity contribution in [2.75, 3.05) is 5.73 Å². The summed E-state index contributed by atoms with van der Waals surface area (Å²) >= 11 is 0. The fraction of sp³-hybridized carbons (Fsp3) is 0.200. The monoisotopic (exact) mass is 237 g/mol. The average Bonchev–Trinajstić information content (AvgIpc) is 2.64. The van der Waals surface area contributed by atoms with Crippen LogP contribution in [0, 0.1) is 5.82 Å². The van der Waals surface area contributed by atoms with Gasteiger partial charge in [-0.1, -0.05) is 17.3 Å². The highest BCUT2D eigenvalue weighted by molar-refractivity contribution is 5.35. The van der Waals surface area contributed by atoms with Crippen LogP contribution in [0.1, 0.15) is 17.5 Å². The summed E-state index contributed by atoms with van der Waals surface area (Å²) in [7, 11) is 0. The zero-order valence-electron chi connectivity index (χ0n) is 8.92. The Bertz CT molecular complexity index is 508. The molecule has 7 heteroatoms. The van der Waals surface area contributed by atoms with E-state index in [1.54, 1.807) is 12.1 Å². The number of halogens is 1. The highest BCUT2D eigenvalue weighted by atomic mass is 19.1. The second kappa shape index (κ2) is 4.48. The van der Waals surface area contributed by atoms with Gasteiger partial charge in [-0.25, -0.2) is 9.07 Å². The first-order valence-electron chi connectivity index (χ1n) is 4.95. The Hall–Kier alpha value is -1.99. The smallest absolute Gasteiger partial charge is 0.151 e. The predicted molar refractivity (Wildman–Crippen MR) is 59.1 cm³/mol. The van der Waals surface area contributed by atoms with Crippen molar-refractivity contribution in [2.24, 2.45) is 5.73 Å². The highest BCUT2D eigenvalue weighted by Crippen LogP contribution is 2.14. The Labute approximate surface area is 96.7 Å². The third-order valence-electron chi connectivity index (χ3n) is 2.33. The second-order valence-electron chi connectivity index (χ2n) is 3.59. The molecule has 6 nitrogen and oxygen atoms in total. The normalized spacial score (nSPS) is 12.6. The summed E-state index contributed by atoms with van der Waals surface area (Å²) in [6.07, 6.45) is -1.25. The first-order chi connectivity index (χ1) is 8.08. The van der Waals surface area contributed by atoms with Crippen LogP contribution >= 0.6 is 0 Å². The van der Waals surface area contributed by atoms with E-state index in [9.17, 15) is 4.39 Å². The van der Waals surface area contributed by atoms with Crippen molar-refractivity contribution in [3.05, 3.63) is 41.3 Å². The molecule has 2 aromatic rings. The maximum absolute atomic E-state index is 12.7. The molecule has 0 fully saturated rings. The van der Waals surface area contributed by atoms with Crippen molar-refractivity contribution >= 4 is 5.82 Å². The molecule has 17 heavy (non-hydrogen) atoms. The predicted octanol–water partition coefficient (Wildman–Crippen LogP) is -0.00270.